The monoisotopic (exact) mass is 315 g/mol. The molecule has 0 spiro atoms. The van der Waals surface area contributed by atoms with Crippen LogP contribution in [0.15, 0.2) is 18.2 Å². The molecule has 0 saturated carbocycles. The second kappa shape index (κ2) is 7.06. The number of hydrogen-bond acceptors (Lipinski definition) is 4. The standard InChI is InChI=1S/C13H18ClN3O2S/c14-10-1-2-12(11(15)9-10)16-13(18)3-4-17-5-7-20(19)8-6-17/h1-2,9H,3-8,15H2,(H,16,18). The van der Waals surface area contributed by atoms with Crippen molar-refractivity contribution in [2.24, 2.45) is 0 Å². The molecule has 1 fully saturated rings. The summed E-state index contributed by atoms with van der Waals surface area (Å²) in [5.41, 5.74) is 6.82. The van der Waals surface area contributed by atoms with E-state index in [2.05, 4.69) is 10.2 Å². The first kappa shape index (κ1) is 15.3. The molecule has 20 heavy (non-hydrogen) atoms. The fourth-order valence-electron chi connectivity index (χ4n) is 2.02. The predicted octanol–water partition coefficient (Wildman–Crippen LogP) is 1.32. The zero-order chi connectivity index (χ0) is 14.5. The Morgan fingerprint density at radius 3 is 2.75 bits per heavy atom. The van der Waals surface area contributed by atoms with Gasteiger partial charge in [-0.3, -0.25) is 9.00 Å². The van der Waals surface area contributed by atoms with E-state index in [1.165, 1.54) is 0 Å². The summed E-state index contributed by atoms with van der Waals surface area (Å²) in [5, 5.41) is 3.32. The molecule has 1 amide bonds. The molecule has 0 unspecified atom stereocenters. The quantitative estimate of drug-likeness (QED) is 0.822. The van der Waals surface area contributed by atoms with Gasteiger partial charge in [0.15, 0.2) is 0 Å². The van der Waals surface area contributed by atoms with Crippen molar-refractivity contribution in [1.82, 2.24) is 4.90 Å². The Kier molecular flexibility index (Phi) is 5.39. The van der Waals surface area contributed by atoms with E-state index < -0.39 is 10.8 Å². The first-order valence-electron chi connectivity index (χ1n) is 6.47. The van der Waals surface area contributed by atoms with Crippen LogP contribution in [0, 0.1) is 0 Å². The van der Waals surface area contributed by atoms with E-state index in [1.807, 2.05) is 0 Å². The minimum absolute atomic E-state index is 0.0780. The molecule has 1 aromatic carbocycles. The number of benzene rings is 1. The Morgan fingerprint density at radius 1 is 1.40 bits per heavy atom. The van der Waals surface area contributed by atoms with Crippen molar-refractivity contribution in [3.8, 4) is 0 Å². The molecule has 7 heteroatoms. The molecule has 1 aliphatic rings. The molecule has 110 valence electrons. The summed E-state index contributed by atoms with van der Waals surface area (Å²) in [4.78, 5) is 14.0. The van der Waals surface area contributed by atoms with Crippen LogP contribution >= 0.6 is 11.6 Å². The highest BCUT2D eigenvalue weighted by Crippen LogP contribution is 2.22. The molecule has 5 nitrogen and oxygen atoms in total. The third-order valence-corrected chi connectivity index (χ3v) is 4.72. The number of carbonyl (C=O) groups is 1. The maximum Gasteiger partial charge on any atom is 0.225 e. The molecule has 0 aromatic heterocycles. The van der Waals surface area contributed by atoms with Gasteiger partial charge >= 0.3 is 0 Å². The van der Waals surface area contributed by atoms with Gasteiger partial charge in [0.2, 0.25) is 5.91 Å². The topological polar surface area (TPSA) is 75.4 Å². The summed E-state index contributed by atoms with van der Waals surface area (Å²) < 4.78 is 11.2. The molecule has 0 aliphatic carbocycles. The second-order valence-corrected chi connectivity index (χ2v) is 6.85. The molecular weight excluding hydrogens is 298 g/mol. The van der Waals surface area contributed by atoms with Gasteiger partial charge in [-0.2, -0.15) is 0 Å². The highest BCUT2D eigenvalue weighted by molar-refractivity contribution is 7.85. The second-order valence-electron chi connectivity index (χ2n) is 4.72. The fraction of sp³-hybridized carbons (Fsp3) is 0.462. The molecule has 0 bridgehead atoms. The van der Waals surface area contributed by atoms with Gasteiger partial charge in [0.05, 0.1) is 11.4 Å². The molecule has 0 atom stereocenters. The highest BCUT2D eigenvalue weighted by Gasteiger charge is 2.16. The predicted molar refractivity (Wildman–Crippen MR) is 83.4 cm³/mol. The summed E-state index contributed by atoms with van der Waals surface area (Å²) in [6.45, 7) is 2.27. The first-order chi connectivity index (χ1) is 9.54. The lowest BCUT2D eigenvalue weighted by molar-refractivity contribution is -0.116. The number of nitrogens with one attached hydrogen (secondary N) is 1. The number of halogens is 1. The van der Waals surface area contributed by atoms with Gasteiger partial charge in [0.25, 0.3) is 0 Å². The van der Waals surface area contributed by atoms with Crippen LogP contribution in [0.5, 0.6) is 0 Å². The maximum absolute atomic E-state index is 11.9. The molecule has 1 heterocycles. The number of amides is 1. The van der Waals surface area contributed by atoms with Gasteiger partial charge in [-0.15, -0.1) is 0 Å². The summed E-state index contributed by atoms with van der Waals surface area (Å²) in [5.74, 6) is 1.32. The fourth-order valence-corrected chi connectivity index (χ4v) is 3.33. The molecule has 1 saturated heterocycles. The minimum Gasteiger partial charge on any atom is -0.397 e. The van der Waals surface area contributed by atoms with Crippen LogP contribution in [0.2, 0.25) is 5.02 Å². The zero-order valence-electron chi connectivity index (χ0n) is 11.1. The molecule has 1 aliphatic heterocycles. The average molecular weight is 316 g/mol. The van der Waals surface area contributed by atoms with Gasteiger partial charge < -0.3 is 16.0 Å². The number of carbonyl (C=O) groups excluding carboxylic acids is 1. The van der Waals surface area contributed by atoms with Crippen molar-refractivity contribution in [1.29, 1.82) is 0 Å². The van der Waals surface area contributed by atoms with E-state index in [9.17, 15) is 9.00 Å². The minimum atomic E-state index is -0.683. The first-order valence-corrected chi connectivity index (χ1v) is 8.33. The van der Waals surface area contributed by atoms with E-state index >= 15 is 0 Å². The van der Waals surface area contributed by atoms with E-state index in [0.29, 0.717) is 40.9 Å². The summed E-state index contributed by atoms with van der Waals surface area (Å²) in [7, 11) is -0.683. The number of hydrogen-bond donors (Lipinski definition) is 2. The Balaban J connectivity index is 1.79. The van der Waals surface area contributed by atoms with Gasteiger partial charge in [-0.1, -0.05) is 11.6 Å². The van der Waals surface area contributed by atoms with E-state index in [0.717, 1.165) is 13.1 Å². The largest absolute Gasteiger partial charge is 0.397 e. The lowest BCUT2D eigenvalue weighted by atomic mass is 10.2. The Morgan fingerprint density at radius 2 is 2.10 bits per heavy atom. The third kappa shape index (κ3) is 4.47. The van der Waals surface area contributed by atoms with E-state index in [1.54, 1.807) is 18.2 Å². The van der Waals surface area contributed by atoms with Gasteiger partial charge in [0, 0.05) is 53.4 Å². The van der Waals surface area contributed by atoms with Gasteiger partial charge in [-0.25, -0.2) is 0 Å². The van der Waals surface area contributed by atoms with Crippen LogP contribution in [0.25, 0.3) is 0 Å². The van der Waals surface area contributed by atoms with Crippen LogP contribution < -0.4 is 11.1 Å². The normalized spacial score (nSPS) is 17.1. The van der Waals surface area contributed by atoms with E-state index in [-0.39, 0.29) is 5.91 Å². The Hall–Kier alpha value is -1.11. The van der Waals surface area contributed by atoms with Crippen molar-refractivity contribution in [3.05, 3.63) is 23.2 Å². The van der Waals surface area contributed by atoms with Crippen LogP contribution in [-0.4, -0.2) is 46.2 Å². The average Bonchev–Trinajstić information content (AvgIpc) is 2.41. The summed E-state index contributed by atoms with van der Waals surface area (Å²) in [6, 6.07) is 4.99. The zero-order valence-corrected chi connectivity index (χ0v) is 12.7. The molecular formula is C13H18ClN3O2S. The number of nitrogen functional groups attached to an aromatic ring is 1. The number of nitrogens with zero attached hydrogens (tertiary/aromatic N) is 1. The number of rotatable bonds is 4. The van der Waals surface area contributed by atoms with Crippen molar-refractivity contribution in [2.75, 3.05) is 42.2 Å². The Labute approximate surface area is 125 Å². The molecule has 0 radical (unpaired) electrons. The summed E-state index contributed by atoms with van der Waals surface area (Å²) in [6.07, 6.45) is 0.398. The molecule has 1 aromatic rings. The molecule has 2 rings (SSSR count). The lowest BCUT2D eigenvalue weighted by Gasteiger charge is -2.25. The maximum atomic E-state index is 11.9. The SMILES string of the molecule is Nc1cc(Cl)ccc1NC(=O)CCN1CCS(=O)CC1. The third-order valence-electron chi connectivity index (χ3n) is 3.21. The van der Waals surface area contributed by atoms with Crippen molar-refractivity contribution < 1.29 is 9.00 Å². The van der Waals surface area contributed by atoms with Crippen molar-refractivity contribution in [3.63, 3.8) is 0 Å². The van der Waals surface area contributed by atoms with Crippen molar-refractivity contribution >= 4 is 39.7 Å². The Bertz CT molecular complexity index is 514. The molecule has 3 N–H and O–H groups in total. The van der Waals surface area contributed by atoms with Crippen LogP contribution in [0.3, 0.4) is 0 Å². The van der Waals surface area contributed by atoms with Crippen LogP contribution in [0.4, 0.5) is 11.4 Å². The van der Waals surface area contributed by atoms with E-state index in [4.69, 9.17) is 17.3 Å². The highest BCUT2D eigenvalue weighted by atomic mass is 35.5. The lowest BCUT2D eigenvalue weighted by Crippen LogP contribution is -2.39. The van der Waals surface area contributed by atoms with Crippen LogP contribution in [-0.2, 0) is 15.6 Å². The van der Waals surface area contributed by atoms with Gasteiger partial charge in [0.1, 0.15) is 0 Å². The number of nitrogens with two attached hydrogens (primary N) is 1. The number of anilines is 2. The van der Waals surface area contributed by atoms with Gasteiger partial charge in [-0.05, 0) is 18.2 Å². The van der Waals surface area contributed by atoms with Crippen molar-refractivity contribution in [2.45, 2.75) is 6.42 Å². The smallest absolute Gasteiger partial charge is 0.225 e. The van der Waals surface area contributed by atoms with Crippen LogP contribution in [0.1, 0.15) is 6.42 Å². The summed E-state index contributed by atoms with van der Waals surface area (Å²) >= 11 is 5.80.